The van der Waals surface area contributed by atoms with Crippen LogP contribution in [-0.4, -0.2) is 21.5 Å². The molecule has 1 unspecified atom stereocenters. The van der Waals surface area contributed by atoms with Crippen molar-refractivity contribution < 1.29 is 9.84 Å². The van der Waals surface area contributed by atoms with E-state index in [9.17, 15) is 5.11 Å². The zero-order chi connectivity index (χ0) is 18.3. The molecule has 1 N–H and O–H groups in total. The fourth-order valence-electron chi connectivity index (χ4n) is 3.56. The van der Waals surface area contributed by atoms with Crippen LogP contribution in [-0.2, 0) is 10.2 Å². The molecular formula is C22H26N2O2. The fourth-order valence-corrected chi connectivity index (χ4v) is 3.56. The van der Waals surface area contributed by atoms with Gasteiger partial charge in [-0.1, -0.05) is 45.0 Å². The van der Waals surface area contributed by atoms with Crippen LogP contribution in [0.2, 0.25) is 0 Å². The van der Waals surface area contributed by atoms with E-state index in [1.54, 1.807) is 0 Å². The molecule has 2 heterocycles. The van der Waals surface area contributed by atoms with Crippen molar-refractivity contribution in [2.75, 3.05) is 6.61 Å². The van der Waals surface area contributed by atoms with Gasteiger partial charge in [0.05, 0.1) is 10.9 Å². The second-order valence-corrected chi connectivity index (χ2v) is 8.15. The SMILES string of the molecule is CC(C)(C)c1ccc(-c2ccc3nn(C4CCCCO4)cc3c2O)cc1. The van der Waals surface area contributed by atoms with Crippen LogP contribution in [0.25, 0.3) is 22.0 Å². The summed E-state index contributed by atoms with van der Waals surface area (Å²) in [6.45, 7) is 7.38. The fraction of sp³-hybridized carbons (Fsp3) is 0.409. The summed E-state index contributed by atoms with van der Waals surface area (Å²) in [7, 11) is 0. The first-order chi connectivity index (χ1) is 12.4. The highest BCUT2D eigenvalue weighted by Gasteiger charge is 2.19. The Bertz CT molecular complexity index is 914. The number of nitrogens with zero attached hydrogens (tertiary/aromatic N) is 2. The third-order valence-electron chi connectivity index (χ3n) is 5.19. The van der Waals surface area contributed by atoms with Crippen LogP contribution in [0.5, 0.6) is 5.75 Å². The minimum atomic E-state index is -0.0231. The van der Waals surface area contributed by atoms with Crippen LogP contribution in [0.15, 0.2) is 42.6 Å². The van der Waals surface area contributed by atoms with Crippen molar-refractivity contribution in [3.8, 4) is 16.9 Å². The first-order valence-electron chi connectivity index (χ1n) is 9.37. The second kappa shape index (κ2) is 6.44. The molecule has 0 spiro atoms. The lowest BCUT2D eigenvalue weighted by molar-refractivity contribution is -0.0390. The molecule has 1 atom stereocenters. The Kier molecular flexibility index (Phi) is 4.23. The number of aromatic hydroxyl groups is 1. The van der Waals surface area contributed by atoms with Crippen LogP contribution < -0.4 is 0 Å². The van der Waals surface area contributed by atoms with Gasteiger partial charge < -0.3 is 9.84 Å². The molecule has 4 heteroatoms. The monoisotopic (exact) mass is 350 g/mol. The van der Waals surface area contributed by atoms with Gasteiger partial charge in [-0.3, -0.25) is 0 Å². The van der Waals surface area contributed by atoms with Gasteiger partial charge in [0, 0.05) is 18.4 Å². The number of benzene rings is 2. The van der Waals surface area contributed by atoms with Gasteiger partial charge in [-0.2, -0.15) is 5.10 Å². The summed E-state index contributed by atoms with van der Waals surface area (Å²) in [6.07, 6.45) is 5.11. The highest BCUT2D eigenvalue weighted by atomic mass is 16.5. The van der Waals surface area contributed by atoms with E-state index in [-0.39, 0.29) is 17.4 Å². The molecule has 136 valence electrons. The van der Waals surface area contributed by atoms with Crippen LogP contribution in [0.3, 0.4) is 0 Å². The van der Waals surface area contributed by atoms with E-state index in [1.165, 1.54) is 5.56 Å². The molecule has 2 aromatic carbocycles. The maximum atomic E-state index is 10.8. The van der Waals surface area contributed by atoms with Crippen molar-refractivity contribution in [2.24, 2.45) is 0 Å². The molecule has 0 saturated carbocycles. The number of ether oxygens (including phenoxy) is 1. The Morgan fingerprint density at radius 1 is 1.08 bits per heavy atom. The minimum absolute atomic E-state index is 0.0231. The summed E-state index contributed by atoms with van der Waals surface area (Å²) < 4.78 is 7.67. The van der Waals surface area contributed by atoms with E-state index in [2.05, 4.69) is 50.1 Å². The standard InChI is InChI=1S/C22H26N2O2/c1-22(2,3)16-9-7-15(8-10-16)17-11-12-19-18(21(17)25)14-24(23-19)20-6-4-5-13-26-20/h7-12,14,20,25H,4-6,13H2,1-3H3. The molecule has 4 rings (SSSR count). The molecule has 1 saturated heterocycles. The van der Waals surface area contributed by atoms with Crippen LogP contribution in [0, 0.1) is 0 Å². The molecule has 1 aliphatic rings. The van der Waals surface area contributed by atoms with Gasteiger partial charge >= 0.3 is 0 Å². The molecule has 0 bridgehead atoms. The predicted molar refractivity (Wildman–Crippen MR) is 104 cm³/mol. The van der Waals surface area contributed by atoms with Gasteiger partial charge in [0.15, 0.2) is 0 Å². The Hall–Kier alpha value is -2.33. The van der Waals surface area contributed by atoms with Gasteiger partial charge in [0.1, 0.15) is 12.0 Å². The summed E-state index contributed by atoms with van der Waals surface area (Å²) in [5, 5.41) is 16.2. The largest absolute Gasteiger partial charge is 0.507 e. The predicted octanol–water partition coefficient (Wildman–Crippen LogP) is 5.41. The molecule has 1 fully saturated rings. The number of phenolic OH excluding ortho intramolecular Hbond substituents is 1. The topological polar surface area (TPSA) is 47.3 Å². The number of hydrogen-bond donors (Lipinski definition) is 1. The molecule has 0 radical (unpaired) electrons. The summed E-state index contributed by atoms with van der Waals surface area (Å²) in [5.74, 6) is 0.285. The van der Waals surface area contributed by atoms with Crippen molar-refractivity contribution in [2.45, 2.75) is 51.7 Å². The summed E-state index contributed by atoms with van der Waals surface area (Å²) in [5.41, 5.74) is 4.04. The van der Waals surface area contributed by atoms with Crippen molar-refractivity contribution >= 4 is 10.9 Å². The van der Waals surface area contributed by atoms with E-state index >= 15 is 0 Å². The highest BCUT2D eigenvalue weighted by Crippen LogP contribution is 2.37. The van der Waals surface area contributed by atoms with E-state index in [4.69, 9.17) is 4.74 Å². The average Bonchev–Trinajstić information content (AvgIpc) is 3.08. The maximum absolute atomic E-state index is 10.8. The lowest BCUT2D eigenvalue weighted by Gasteiger charge is -2.22. The van der Waals surface area contributed by atoms with E-state index in [0.717, 1.165) is 47.9 Å². The number of aromatic nitrogens is 2. The summed E-state index contributed by atoms with van der Waals surface area (Å²) in [6, 6.07) is 12.4. The van der Waals surface area contributed by atoms with Crippen molar-refractivity contribution in [3.63, 3.8) is 0 Å². The van der Waals surface area contributed by atoms with Gasteiger partial charge in [0.2, 0.25) is 0 Å². The van der Waals surface area contributed by atoms with Crippen molar-refractivity contribution in [1.82, 2.24) is 9.78 Å². The molecular weight excluding hydrogens is 324 g/mol. The lowest BCUT2D eigenvalue weighted by atomic mass is 9.86. The van der Waals surface area contributed by atoms with Crippen molar-refractivity contribution in [1.29, 1.82) is 0 Å². The first kappa shape index (κ1) is 17.1. The number of phenols is 1. The average molecular weight is 350 g/mol. The highest BCUT2D eigenvalue weighted by molar-refractivity contribution is 5.92. The zero-order valence-electron chi connectivity index (χ0n) is 15.7. The summed E-state index contributed by atoms with van der Waals surface area (Å²) in [4.78, 5) is 0. The van der Waals surface area contributed by atoms with Crippen LogP contribution in [0.1, 0.15) is 51.8 Å². The molecule has 3 aromatic rings. The maximum Gasteiger partial charge on any atom is 0.150 e. The molecule has 4 nitrogen and oxygen atoms in total. The van der Waals surface area contributed by atoms with E-state index < -0.39 is 0 Å². The zero-order valence-corrected chi connectivity index (χ0v) is 15.7. The first-order valence-corrected chi connectivity index (χ1v) is 9.37. The molecule has 0 aliphatic carbocycles. The number of rotatable bonds is 2. The Balaban J connectivity index is 1.71. The molecule has 1 aromatic heterocycles. The quantitative estimate of drug-likeness (QED) is 0.672. The number of fused-ring (bicyclic) bond motifs is 1. The molecule has 26 heavy (non-hydrogen) atoms. The lowest BCUT2D eigenvalue weighted by Crippen LogP contribution is -2.18. The Morgan fingerprint density at radius 3 is 2.50 bits per heavy atom. The van der Waals surface area contributed by atoms with E-state index in [1.807, 2.05) is 23.0 Å². The van der Waals surface area contributed by atoms with Gasteiger partial charge in [-0.05, 0) is 47.9 Å². The smallest absolute Gasteiger partial charge is 0.150 e. The summed E-state index contributed by atoms with van der Waals surface area (Å²) >= 11 is 0. The molecule has 1 aliphatic heterocycles. The van der Waals surface area contributed by atoms with Crippen molar-refractivity contribution in [3.05, 3.63) is 48.2 Å². The van der Waals surface area contributed by atoms with Gasteiger partial charge in [-0.25, -0.2) is 4.68 Å². The molecule has 0 amide bonds. The normalized spacial score (nSPS) is 18.3. The van der Waals surface area contributed by atoms with Crippen LogP contribution >= 0.6 is 0 Å². The third kappa shape index (κ3) is 3.10. The third-order valence-corrected chi connectivity index (χ3v) is 5.19. The minimum Gasteiger partial charge on any atom is -0.507 e. The van der Waals surface area contributed by atoms with Gasteiger partial charge in [0.25, 0.3) is 0 Å². The number of hydrogen-bond acceptors (Lipinski definition) is 3. The Labute approximate surface area is 154 Å². The van der Waals surface area contributed by atoms with Crippen LogP contribution in [0.4, 0.5) is 0 Å². The van der Waals surface area contributed by atoms with E-state index in [0.29, 0.717) is 0 Å². The Morgan fingerprint density at radius 2 is 1.85 bits per heavy atom. The second-order valence-electron chi connectivity index (χ2n) is 8.15. The van der Waals surface area contributed by atoms with Gasteiger partial charge in [-0.15, -0.1) is 0 Å².